The Kier molecular flexibility index (Phi) is 6.31. The largest absolute Gasteiger partial charge is 0.350 e. The van der Waals surface area contributed by atoms with E-state index in [2.05, 4.69) is 22.5 Å². The second-order valence-corrected chi connectivity index (χ2v) is 7.74. The van der Waals surface area contributed by atoms with Gasteiger partial charge in [0.15, 0.2) is 0 Å². The number of benzene rings is 2. The smallest absolute Gasteiger partial charge is 0.278 e. The molecule has 0 saturated carbocycles. The molecule has 33 heavy (non-hydrogen) atoms. The third kappa shape index (κ3) is 4.82. The molecule has 1 aromatic heterocycles. The quantitative estimate of drug-likeness (QED) is 0.542. The first-order valence-electron chi connectivity index (χ1n) is 10.7. The van der Waals surface area contributed by atoms with Crippen LogP contribution in [0, 0.1) is 0 Å². The molecule has 1 aliphatic rings. The van der Waals surface area contributed by atoms with E-state index in [-0.39, 0.29) is 24.1 Å². The summed E-state index contributed by atoms with van der Waals surface area (Å²) in [7, 11) is 0. The number of aryl methyl sites for hydroxylation is 1. The number of rotatable bonds is 7. The third-order valence-corrected chi connectivity index (χ3v) is 5.38. The van der Waals surface area contributed by atoms with Crippen LogP contribution in [0.15, 0.2) is 78.8 Å². The van der Waals surface area contributed by atoms with Crippen LogP contribution in [0.25, 0.3) is 5.57 Å². The fourth-order valence-corrected chi connectivity index (χ4v) is 3.67. The molecular weight excluding hydrogens is 416 g/mol. The van der Waals surface area contributed by atoms with Crippen molar-refractivity contribution in [1.29, 1.82) is 0 Å². The Labute approximate surface area is 192 Å². The number of hydrogen-bond acceptors (Lipinski definition) is 5. The third-order valence-electron chi connectivity index (χ3n) is 5.38. The summed E-state index contributed by atoms with van der Waals surface area (Å²) in [6.45, 7) is 3.65. The van der Waals surface area contributed by atoms with Crippen molar-refractivity contribution < 1.29 is 14.4 Å². The van der Waals surface area contributed by atoms with E-state index in [1.807, 2.05) is 24.3 Å². The molecule has 3 amide bonds. The molecule has 2 heterocycles. The van der Waals surface area contributed by atoms with Crippen LogP contribution in [0.5, 0.6) is 0 Å². The van der Waals surface area contributed by atoms with Gasteiger partial charge in [-0.15, -0.1) is 0 Å². The van der Waals surface area contributed by atoms with Crippen molar-refractivity contribution >= 4 is 34.7 Å². The van der Waals surface area contributed by atoms with Gasteiger partial charge in [-0.2, -0.15) is 0 Å². The lowest BCUT2D eigenvalue weighted by atomic mass is 10.0. The highest BCUT2D eigenvalue weighted by Crippen LogP contribution is 2.32. The SMILES string of the molecule is CCc1ccc(NC2=C(c3ccc(NC(C)=O)cc3)C(=O)N(Cc3ccncc3)C2=O)cc1. The zero-order chi connectivity index (χ0) is 23.4. The lowest BCUT2D eigenvalue weighted by molar-refractivity contribution is -0.137. The lowest BCUT2D eigenvalue weighted by Gasteiger charge is -2.15. The standard InChI is InChI=1S/C26H24N4O3/c1-3-18-4-8-22(9-5-18)29-24-23(20-6-10-21(11-7-20)28-17(2)31)25(32)30(26(24)33)16-19-12-14-27-15-13-19/h4-15,29H,3,16H2,1-2H3,(H,28,31). The molecule has 7 heteroatoms. The number of pyridine rings is 1. The van der Waals surface area contributed by atoms with Crippen LogP contribution in [-0.2, 0) is 27.3 Å². The minimum absolute atomic E-state index is 0.146. The van der Waals surface area contributed by atoms with Gasteiger partial charge < -0.3 is 10.6 Å². The van der Waals surface area contributed by atoms with E-state index in [1.165, 1.54) is 17.4 Å². The van der Waals surface area contributed by atoms with Crippen molar-refractivity contribution in [2.45, 2.75) is 26.8 Å². The normalized spacial score (nSPS) is 13.5. The van der Waals surface area contributed by atoms with Crippen LogP contribution in [0.1, 0.15) is 30.5 Å². The molecule has 0 aliphatic carbocycles. The van der Waals surface area contributed by atoms with Gasteiger partial charge in [-0.05, 0) is 59.5 Å². The van der Waals surface area contributed by atoms with Gasteiger partial charge in [0.2, 0.25) is 5.91 Å². The van der Waals surface area contributed by atoms with E-state index in [4.69, 9.17) is 0 Å². The highest BCUT2D eigenvalue weighted by atomic mass is 16.2. The predicted molar refractivity (Wildman–Crippen MR) is 127 cm³/mol. The molecule has 7 nitrogen and oxygen atoms in total. The van der Waals surface area contributed by atoms with Gasteiger partial charge in [-0.25, -0.2) is 0 Å². The van der Waals surface area contributed by atoms with Crippen LogP contribution < -0.4 is 10.6 Å². The lowest BCUT2D eigenvalue weighted by Crippen LogP contribution is -2.32. The summed E-state index contributed by atoms with van der Waals surface area (Å²) in [6.07, 6.45) is 4.17. The Morgan fingerprint density at radius 2 is 1.48 bits per heavy atom. The van der Waals surface area contributed by atoms with Crippen LogP contribution in [0.3, 0.4) is 0 Å². The first-order valence-corrected chi connectivity index (χ1v) is 10.7. The number of hydrogen-bond donors (Lipinski definition) is 2. The molecule has 0 bridgehead atoms. The Balaban J connectivity index is 1.70. The van der Waals surface area contributed by atoms with Crippen molar-refractivity contribution in [3.8, 4) is 0 Å². The minimum Gasteiger partial charge on any atom is -0.350 e. The number of carbonyl (C=O) groups excluding carboxylic acids is 3. The van der Waals surface area contributed by atoms with E-state index in [0.717, 1.165) is 17.7 Å². The molecule has 0 atom stereocenters. The molecular formula is C26H24N4O3. The second-order valence-electron chi connectivity index (χ2n) is 7.74. The fraction of sp³-hybridized carbons (Fsp3) is 0.154. The average Bonchev–Trinajstić information content (AvgIpc) is 3.05. The number of nitrogens with zero attached hydrogens (tertiary/aromatic N) is 2. The van der Waals surface area contributed by atoms with Crippen LogP contribution >= 0.6 is 0 Å². The maximum absolute atomic E-state index is 13.4. The number of amides is 3. The summed E-state index contributed by atoms with van der Waals surface area (Å²) in [4.78, 5) is 43.3. The Hall–Kier alpha value is -4.26. The van der Waals surface area contributed by atoms with Crippen molar-refractivity contribution in [3.63, 3.8) is 0 Å². The highest BCUT2D eigenvalue weighted by Gasteiger charge is 2.39. The molecule has 0 unspecified atom stereocenters. The number of carbonyl (C=O) groups is 3. The second kappa shape index (κ2) is 9.48. The van der Waals surface area contributed by atoms with Gasteiger partial charge in [0.05, 0.1) is 12.1 Å². The summed E-state index contributed by atoms with van der Waals surface area (Å²) in [5, 5.41) is 5.88. The van der Waals surface area contributed by atoms with Gasteiger partial charge >= 0.3 is 0 Å². The fourth-order valence-electron chi connectivity index (χ4n) is 3.67. The number of aromatic nitrogens is 1. The van der Waals surface area contributed by atoms with Crippen molar-refractivity contribution in [2.24, 2.45) is 0 Å². The number of nitrogens with one attached hydrogen (secondary N) is 2. The molecule has 2 aromatic carbocycles. The monoisotopic (exact) mass is 440 g/mol. The predicted octanol–water partition coefficient (Wildman–Crippen LogP) is 3.99. The maximum Gasteiger partial charge on any atom is 0.278 e. The number of anilines is 2. The van der Waals surface area contributed by atoms with Gasteiger partial charge in [0.1, 0.15) is 5.70 Å². The topological polar surface area (TPSA) is 91.4 Å². The van der Waals surface area contributed by atoms with E-state index in [0.29, 0.717) is 16.8 Å². The molecule has 1 aliphatic heterocycles. The first kappa shape index (κ1) is 22.0. The van der Waals surface area contributed by atoms with Gasteiger partial charge in [-0.1, -0.05) is 31.2 Å². The van der Waals surface area contributed by atoms with Crippen molar-refractivity contribution in [3.05, 3.63) is 95.4 Å². The van der Waals surface area contributed by atoms with Crippen LogP contribution in [0.2, 0.25) is 0 Å². The van der Waals surface area contributed by atoms with Gasteiger partial charge in [0, 0.05) is 30.7 Å². The Bertz CT molecular complexity index is 1220. The average molecular weight is 441 g/mol. The van der Waals surface area contributed by atoms with Crippen LogP contribution in [-0.4, -0.2) is 27.6 Å². The summed E-state index contributed by atoms with van der Waals surface area (Å²) in [5.74, 6) is -0.954. The van der Waals surface area contributed by atoms with Crippen molar-refractivity contribution in [1.82, 2.24) is 9.88 Å². The van der Waals surface area contributed by atoms with Gasteiger partial charge in [0.25, 0.3) is 11.8 Å². The van der Waals surface area contributed by atoms with E-state index >= 15 is 0 Å². The molecule has 0 fully saturated rings. The maximum atomic E-state index is 13.4. The first-order chi connectivity index (χ1) is 16.0. The minimum atomic E-state index is -0.391. The summed E-state index contributed by atoms with van der Waals surface area (Å²) < 4.78 is 0. The van der Waals surface area contributed by atoms with Gasteiger partial charge in [-0.3, -0.25) is 24.3 Å². The zero-order valence-corrected chi connectivity index (χ0v) is 18.5. The molecule has 2 N–H and O–H groups in total. The van der Waals surface area contributed by atoms with Crippen LogP contribution in [0.4, 0.5) is 11.4 Å². The molecule has 3 aromatic rings. The molecule has 0 spiro atoms. The number of imide groups is 1. The van der Waals surface area contributed by atoms with E-state index in [1.54, 1.807) is 48.8 Å². The Morgan fingerprint density at radius 1 is 0.848 bits per heavy atom. The summed E-state index contributed by atoms with van der Waals surface area (Å²) in [6, 6.07) is 18.2. The van der Waals surface area contributed by atoms with E-state index in [9.17, 15) is 14.4 Å². The molecule has 0 saturated heterocycles. The summed E-state index contributed by atoms with van der Waals surface area (Å²) in [5.41, 5.74) is 4.43. The van der Waals surface area contributed by atoms with Crippen molar-refractivity contribution in [2.75, 3.05) is 10.6 Å². The Morgan fingerprint density at radius 3 is 2.09 bits per heavy atom. The molecule has 166 valence electrons. The van der Waals surface area contributed by atoms with E-state index < -0.39 is 5.91 Å². The molecule has 0 radical (unpaired) electrons. The molecule has 4 rings (SSSR count). The zero-order valence-electron chi connectivity index (χ0n) is 18.5. The summed E-state index contributed by atoms with van der Waals surface area (Å²) >= 11 is 0. The highest BCUT2D eigenvalue weighted by molar-refractivity contribution is 6.36.